The van der Waals surface area contributed by atoms with Crippen LogP contribution in [0.25, 0.3) is 0 Å². The van der Waals surface area contributed by atoms with Crippen molar-refractivity contribution in [1.82, 2.24) is 15.2 Å². The molecule has 0 aliphatic heterocycles. The number of rotatable bonds is 5. The molecule has 2 aromatic rings. The van der Waals surface area contributed by atoms with Crippen molar-refractivity contribution >= 4 is 17.5 Å². The zero-order valence-corrected chi connectivity index (χ0v) is 12.3. The highest BCUT2D eigenvalue weighted by molar-refractivity contribution is 5.95. The van der Waals surface area contributed by atoms with E-state index in [0.29, 0.717) is 12.1 Å². The molecule has 0 saturated heterocycles. The van der Waals surface area contributed by atoms with Crippen LogP contribution in [-0.4, -0.2) is 27.0 Å². The van der Waals surface area contributed by atoms with Crippen molar-refractivity contribution in [3.63, 3.8) is 0 Å². The molecular weight excluding hydrogens is 270 g/mol. The number of primary amides is 1. The predicted octanol–water partition coefficient (Wildman–Crippen LogP) is 1.59. The largest absolute Gasteiger partial charge is 0.364 e. The monoisotopic (exact) mass is 289 g/mol. The standard InChI is InChI=1S/C14H19N5O2/c1-7(13-8(2)18-19-9(13)3)4-12(20)17-10-5-11(14(15)21)16-6-10/h5-7,16H,4H2,1-3H3,(H2,15,21)(H,17,20)(H,18,19). The second kappa shape index (κ2) is 5.82. The first kappa shape index (κ1) is 14.8. The minimum absolute atomic E-state index is 0.0540. The maximum Gasteiger partial charge on any atom is 0.265 e. The maximum atomic E-state index is 12.0. The Hall–Kier alpha value is -2.57. The van der Waals surface area contributed by atoms with E-state index in [1.807, 2.05) is 20.8 Å². The molecule has 7 heteroatoms. The van der Waals surface area contributed by atoms with Crippen molar-refractivity contribution in [2.75, 3.05) is 5.32 Å². The zero-order chi connectivity index (χ0) is 15.6. The average molecular weight is 289 g/mol. The molecule has 0 aromatic carbocycles. The summed E-state index contributed by atoms with van der Waals surface area (Å²) in [6.45, 7) is 5.84. The molecule has 5 N–H and O–H groups in total. The number of nitrogens with two attached hydrogens (primary N) is 1. The molecule has 1 atom stereocenters. The summed E-state index contributed by atoms with van der Waals surface area (Å²) < 4.78 is 0. The molecule has 1 unspecified atom stereocenters. The molecule has 0 bridgehead atoms. The van der Waals surface area contributed by atoms with Crippen molar-refractivity contribution in [2.45, 2.75) is 33.1 Å². The number of nitrogens with zero attached hydrogens (tertiary/aromatic N) is 1. The normalized spacial score (nSPS) is 12.1. The fourth-order valence-corrected chi connectivity index (χ4v) is 2.49. The number of amides is 2. The minimum Gasteiger partial charge on any atom is -0.364 e. The molecule has 112 valence electrons. The molecule has 2 rings (SSSR count). The van der Waals surface area contributed by atoms with Gasteiger partial charge in [-0.25, -0.2) is 0 Å². The smallest absolute Gasteiger partial charge is 0.265 e. The van der Waals surface area contributed by atoms with Gasteiger partial charge in [0, 0.05) is 18.3 Å². The van der Waals surface area contributed by atoms with Crippen LogP contribution in [0.15, 0.2) is 12.3 Å². The molecule has 0 spiro atoms. The number of H-pyrrole nitrogens is 2. The lowest BCUT2D eigenvalue weighted by Crippen LogP contribution is -2.15. The summed E-state index contributed by atoms with van der Waals surface area (Å²) >= 11 is 0. The summed E-state index contributed by atoms with van der Waals surface area (Å²) in [6.07, 6.45) is 1.87. The first-order valence-corrected chi connectivity index (χ1v) is 6.68. The van der Waals surface area contributed by atoms with Crippen molar-refractivity contribution in [2.24, 2.45) is 5.73 Å². The number of carbonyl (C=O) groups excluding carboxylic acids is 2. The Bertz CT molecular complexity index is 651. The quantitative estimate of drug-likeness (QED) is 0.669. The van der Waals surface area contributed by atoms with Crippen LogP contribution >= 0.6 is 0 Å². The van der Waals surface area contributed by atoms with E-state index in [0.717, 1.165) is 17.0 Å². The van der Waals surface area contributed by atoms with Gasteiger partial charge >= 0.3 is 0 Å². The van der Waals surface area contributed by atoms with Gasteiger partial charge in [0.1, 0.15) is 5.69 Å². The van der Waals surface area contributed by atoms with E-state index in [-0.39, 0.29) is 17.5 Å². The molecule has 2 aromatic heterocycles. The van der Waals surface area contributed by atoms with Gasteiger partial charge in [-0.15, -0.1) is 0 Å². The summed E-state index contributed by atoms with van der Waals surface area (Å²) in [4.78, 5) is 25.7. The molecule has 0 aliphatic rings. The number of hydrogen-bond acceptors (Lipinski definition) is 3. The van der Waals surface area contributed by atoms with Crippen molar-refractivity contribution in [3.8, 4) is 0 Å². The Morgan fingerprint density at radius 1 is 1.43 bits per heavy atom. The molecule has 0 radical (unpaired) electrons. The van der Waals surface area contributed by atoms with E-state index in [1.54, 1.807) is 0 Å². The Kier molecular flexibility index (Phi) is 4.11. The van der Waals surface area contributed by atoms with Gasteiger partial charge in [-0.1, -0.05) is 6.92 Å². The SMILES string of the molecule is Cc1n[nH]c(C)c1C(C)CC(=O)Nc1c[nH]c(C(N)=O)c1. The topological polar surface area (TPSA) is 117 Å². The van der Waals surface area contributed by atoms with Crippen molar-refractivity contribution in [1.29, 1.82) is 0 Å². The number of anilines is 1. The first-order chi connectivity index (χ1) is 9.88. The van der Waals surface area contributed by atoms with Gasteiger partial charge in [0.05, 0.1) is 11.4 Å². The second-order valence-electron chi connectivity index (χ2n) is 5.17. The van der Waals surface area contributed by atoms with E-state index in [2.05, 4.69) is 20.5 Å². The van der Waals surface area contributed by atoms with Crippen LogP contribution in [0.4, 0.5) is 5.69 Å². The van der Waals surface area contributed by atoms with Gasteiger partial charge < -0.3 is 16.0 Å². The van der Waals surface area contributed by atoms with Gasteiger partial charge in [-0.3, -0.25) is 14.7 Å². The van der Waals surface area contributed by atoms with Gasteiger partial charge in [0.25, 0.3) is 5.91 Å². The molecule has 7 nitrogen and oxygen atoms in total. The fourth-order valence-electron chi connectivity index (χ4n) is 2.49. The number of nitrogens with one attached hydrogen (secondary N) is 3. The van der Waals surface area contributed by atoms with Crippen molar-refractivity contribution in [3.05, 3.63) is 34.9 Å². The van der Waals surface area contributed by atoms with Crippen LogP contribution in [0.1, 0.15) is 46.7 Å². The number of aryl methyl sites for hydroxylation is 2. The summed E-state index contributed by atoms with van der Waals surface area (Å²) in [5, 5.41) is 9.80. The molecular formula is C14H19N5O2. The minimum atomic E-state index is -0.562. The van der Waals surface area contributed by atoms with E-state index in [9.17, 15) is 9.59 Å². The molecule has 2 heterocycles. The highest BCUT2D eigenvalue weighted by Crippen LogP contribution is 2.24. The van der Waals surface area contributed by atoms with Crippen LogP contribution < -0.4 is 11.1 Å². The Morgan fingerprint density at radius 3 is 2.67 bits per heavy atom. The molecule has 0 aliphatic carbocycles. The summed E-state index contributed by atoms with van der Waals surface area (Å²) in [5.74, 6) is -0.635. The number of aromatic amines is 2. The number of carbonyl (C=O) groups is 2. The van der Waals surface area contributed by atoms with Crippen LogP contribution in [0.3, 0.4) is 0 Å². The van der Waals surface area contributed by atoms with Crippen molar-refractivity contribution < 1.29 is 9.59 Å². The maximum absolute atomic E-state index is 12.0. The predicted molar refractivity (Wildman–Crippen MR) is 79.0 cm³/mol. The third kappa shape index (κ3) is 3.31. The average Bonchev–Trinajstić information content (AvgIpc) is 2.96. The lowest BCUT2D eigenvalue weighted by Gasteiger charge is -2.11. The van der Waals surface area contributed by atoms with Gasteiger partial charge in [-0.2, -0.15) is 5.10 Å². The first-order valence-electron chi connectivity index (χ1n) is 6.68. The third-order valence-electron chi connectivity index (χ3n) is 3.40. The van der Waals surface area contributed by atoms with Crippen LogP contribution in [0, 0.1) is 13.8 Å². The van der Waals surface area contributed by atoms with E-state index < -0.39 is 5.91 Å². The Labute approximate surface area is 122 Å². The highest BCUT2D eigenvalue weighted by atomic mass is 16.2. The van der Waals surface area contributed by atoms with E-state index >= 15 is 0 Å². The Balaban J connectivity index is 1.99. The van der Waals surface area contributed by atoms with E-state index in [1.165, 1.54) is 12.3 Å². The number of hydrogen-bond donors (Lipinski definition) is 4. The van der Waals surface area contributed by atoms with Crippen LogP contribution in [0.2, 0.25) is 0 Å². The Morgan fingerprint density at radius 2 is 2.14 bits per heavy atom. The highest BCUT2D eigenvalue weighted by Gasteiger charge is 2.18. The van der Waals surface area contributed by atoms with Gasteiger partial charge in [0.15, 0.2) is 0 Å². The van der Waals surface area contributed by atoms with E-state index in [4.69, 9.17) is 5.73 Å². The third-order valence-corrected chi connectivity index (χ3v) is 3.40. The fraction of sp³-hybridized carbons (Fsp3) is 0.357. The lowest BCUT2D eigenvalue weighted by atomic mass is 9.95. The van der Waals surface area contributed by atoms with Gasteiger partial charge in [-0.05, 0) is 31.4 Å². The molecule has 21 heavy (non-hydrogen) atoms. The van der Waals surface area contributed by atoms with Crippen LogP contribution in [0.5, 0.6) is 0 Å². The lowest BCUT2D eigenvalue weighted by molar-refractivity contribution is -0.116. The summed E-state index contributed by atoms with van der Waals surface area (Å²) in [5.41, 5.74) is 8.89. The summed E-state index contributed by atoms with van der Waals surface area (Å²) in [6, 6.07) is 1.51. The van der Waals surface area contributed by atoms with Gasteiger partial charge in [0.2, 0.25) is 5.91 Å². The zero-order valence-electron chi connectivity index (χ0n) is 12.3. The number of aromatic nitrogens is 3. The second-order valence-corrected chi connectivity index (χ2v) is 5.17. The summed E-state index contributed by atoms with van der Waals surface area (Å²) in [7, 11) is 0. The molecule has 0 saturated carbocycles. The molecule has 2 amide bonds. The molecule has 0 fully saturated rings. The van der Waals surface area contributed by atoms with Crippen LogP contribution in [-0.2, 0) is 4.79 Å².